The van der Waals surface area contributed by atoms with Crippen molar-refractivity contribution in [3.8, 4) is 5.75 Å². The minimum atomic E-state index is -3.87. The Morgan fingerprint density at radius 1 is 1.21 bits per heavy atom. The first-order valence-electron chi connectivity index (χ1n) is 16.2. The second kappa shape index (κ2) is 13.8. The number of hydrogen-bond acceptors (Lipinski definition) is 9. The van der Waals surface area contributed by atoms with Crippen molar-refractivity contribution in [3.63, 3.8) is 0 Å². The molecule has 2 bridgehead atoms. The molecule has 13 nitrogen and oxygen atoms in total. The minimum Gasteiger partial charge on any atom is -0.486 e. The third-order valence-corrected chi connectivity index (χ3v) is 10.8. The summed E-state index contributed by atoms with van der Waals surface area (Å²) in [6.45, 7) is 9.39. The summed E-state index contributed by atoms with van der Waals surface area (Å²) in [7, 11) is -3.87. The topological polar surface area (TPSA) is 173 Å². The summed E-state index contributed by atoms with van der Waals surface area (Å²) in [4.78, 5) is 60.5. The molecule has 5 rings (SSSR count). The number of hydrogen-bond donors (Lipinski definition) is 3. The largest absolute Gasteiger partial charge is 0.486 e. The molecule has 0 radical (unpaired) electrons. The summed E-state index contributed by atoms with van der Waals surface area (Å²) >= 11 is 0. The normalized spacial score (nSPS) is 29.6. The van der Waals surface area contributed by atoms with E-state index >= 15 is 0 Å². The molecule has 2 saturated carbocycles. The molecule has 4 amide bonds. The van der Waals surface area contributed by atoms with Gasteiger partial charge in [-0.25, -0.2) is 8.42 Å². The van der Waals surface area contributed by atoms with Crippen LogP contribution in [0.25, 0.3) is 6.08 Å². The van der Waals surface area contributed by atoms with E-state index in [0.717, 1.165) is 19.3 Å². The highest BCUT2D eigenvalue weighted by atomic mass is 32.2. The third-order valence-electron chi connectivity index (χ3n) is 9.03. The SMILES string of the molecule is C=C[C@@H]1C[C@]1(NC(=O)[C@@H]1C[C@@H]2CN1C(=O)[C@H](C(C)(C)C)NC(=O)COCCCC/C=C/c1ncccc1O2)C(=O)NS(=O)(=O)C1CC1. The number of ether oxygens (including phenoxy) is 2. The predicted octanol–water partition coefficient (Wildman–Crippen LogP) is 1.84. The van der Waals surface area contributed by atoms with Crippen LogP contribution in [0.2, 0.25) is 0 Å². The Labute approximate surface area is 276 Å². The maximum absolute atomic E-state index is 14.3. The summed E-state index contributed by atoms with van der Waals surface area (Å²) in [6, 6.07) is 1.42. The van der Waals surface area contributed by atoms with Gasteiger partial charge in [-0.05, 0) is 62.1 Å². The van der Waals surface area contributed by atoms with Gasteiger partial charge in [0.2, 0.25) is 27.7 Å². The third kappa shape index (κ3) is 8.03. The van der Waals surface area contributed by atoms with Crippen LogP contribution in [0.5, 0.6) is 5.75 Å². The number of nitrogens with one attached hydrogen (secondary N) is 3. The second-order valence-electron chi connectivity index (χ2n) is 13.9. The summed E-state index contributed by atoms with van der Waals surface area (Å²) in [5.74, 6) is -2.40. The average molecular weight is 672 g/mol. The molecule has 2 aliphatic heterocycles. The summed E-state index contributed by atoms with van der Waals surface area (Å²) in [5.41, 5.74) is -1.65. The van der Waals surface area contributed by atoms with Crippen molar-refractivity contribution in [2.24, 2.45) is 11.3 Å². The van der Waals surface area contributed by atoms with Crippen molar-refractivity contribution in [3.05, 3.63) is 42.8 Å². The lowest BCUT2D eigenvalue weighted by molar-refractivity contribution is -0.145. The molecule has 1 aromatic heterocycles. The van der Waals surface area contributed by atoms with Crippen molar-refractivity contribution >= 4 is 39.7 Å². The fourth-order valence-corrected chi connectivity index (χ4v) is 7.41. The quantitative estimate of drug-likeness (QED) is 0.382. The first-order chi connectivity index (χ1) is 22.2. The molecular weight excluding hydrogens is 626 g/mol. The number of carbonyl (C=O) groups is 4. The predicted molar refractivity (Wildman–Crippen MR) is 173 cm³/mol. The number of carbonyl (C=O) groups excluding carboxylic acids is 4. The minimum absolute atomic E-state index is 0.0219. The van der Waals surface area contributed by atoms with E-state index in [1.165, 1.54) is 11.0 Å². The van der Waals surface area contributed by atoms with E-state index in [1.807, 2.05) is 32.9 Å². The first kappa shape index (κ1) is 34.6. The van der Waals surface area contributed by atoms with E-state index in [0.29, 0.717) is 30.9 Å². The van der Waals surface area contributed by atoms with E-state index in [-0.39, 0.29) is 26.0 Å². The zero-order chi connectivity index (χ0) is 34.0. The molecule has 3 N–H and O–H groups in total. The van der Waals surface area contributed by atoms with Crippen LogP contribution >= 0.6 is 0 Å². The van der Waals surface area contributed by atoms with Crippen LogP contribution in [-0.2, 0) is 33.9 Å². The number of amides is 4. The molecule has 0 aromatic carbocycles. The van der Waals surface area contributed by atoms with Gasteiger partial charge in [0.15, 0.2) is 0 Å². The van der Waals surface area contributed by atoms with Crippen LogP contribution < -0.4 is 20.1 Å². The highest BCUT2D eigenvalue weighted by molar-refractivity contribution is 7.91. The Bertz CT molecular complexity index is 1540. The summed E-state index contributed by atoms with van der Waals surface area (Å²) in [6.07, 6.45) is 9.95. The lowest BCUT2D eigenvalue weighted by Crippen LogP contribution is -2.60. The molecule has 47 heavy (non-hydrogen) atoms. The second-order valence-corrected chi connectivity index (χ2v) is 15.8. The fourth-order valence-electron chi connectivity index (χ4n) is 6.04. The first-order valence-corrected chi connectivity index (χ1v) is 17.8. The molecule has 1 saturated heterocycles. The van der Waals surface area contributed by atoms with Gasteiger partial charge in [0, 0.05) is 25.1 Å². The molecular formula is C33H45N5O8S. The highest BCUT2D eigenvalue weighted by Crippen LogP contribution is 2.45. The molecule has 0 unspecified atom stereocenters. The van der Waals surface area contributed by atoms with Crippen LogP contribution in [0, 0.1) is 11.3 Å². The number of nitrogens with zero attached hydrogens (tertiary/aromatic N) is 2. The van der Waals surface area contributed by atoms with E-state index in [1.54, 1.807) is 18.3 Å². The molecule has 4 aliphatic rings. The monoisotopic (exact) mass is 671 g/mol. The van der Waals surface area contributed by atoms with Gasteiger partial charge in [-0.3, -0.25) is 28.9 Å². The number of pyridine rings is 1. The molecule has 14 heteroatoms. The molecule has 3 fully saturated rings. The van der Waals surface area contributed by atoms with Crippen molar-refractivity contribution in [1.82, 2.24) is 25.2 Å². The van der Waals surface area contributed by atoms with Crippen LogP contribution in [0.15, 0.2) is 37.1 Å². The fraction of sp³-hybridized carbons (Fsp3) is 0.606. The molecule has 5 atom stereocenters. The van der Waals surface area contributed by atoms with Gasteiger partial charge in [-0.1, -0.05) is 32.9 Å². The Balaban J connectivity index is 1.44. The van der Waals surface area contributed by atoms with Crippen LogP contribution in [0.1, 0.15) is 71.4 Å². The van der Waals surface area contributed by atoms with Crippen LogP contribution in [-0.4, -0.2) is 90.7 Å². The van der Waals surface area contributed by atoms with Gasteiger partial charge in [-0.15, -0.1) is 6.58 Å². The number of aromatic nitrogens is 1. The van der Waals surface area contributed by atoms with Crippen molar-refractivity contribution < 1.29 is 37.1 Å². The molecule has 3 heterocycles. The van der Waals surface area contributed by atoms with Gasteiger partial charge < -0.3 is 25.0 Å². The van der Waals surface area contributed by atoms with Crippen molar-refractivity contribution in [2.75, 3.05) is 19.8 Å². The van der Waals surface area contributed by atoms with Crippen LogP contribution in [0.4, 0.5) is 0 Å². The highest BCUT2D eigenvalue weighted by Gasteiger charge is 2.62. The smallest absolute Gasteiger partial charge is 0.259 e. The maximum Gasteiger partial charge on any atom is 0.259 e. The number of fused-ring (bicyclic) bond motifs is 3. The number of sulfonamides is 1. The van der Waals surface area contributed by atoms with Crippen molar-refractivity contribution in [2.45, 2.75) is 94.7 Å². The number of rotatable bonds is 6. The van der Waals surface area contributed by atoms with Gasteiger partial charge >= 0.3 is 0 Å². The summed E-state index contributed by atoms with van der Waals surface area (Å²) in [5, 5.41) is 4.98. The lowest BCUT2D eigenvalue weighted by Gasteiger charge is -2.35. The van der Waals surface area contributed by atoms with E-state index < -0.39 is 74.0 Å². The number of allylic oxidation sites excluding steroid dienone is 1. The summed E-state index contributed by atoms with van der Waals surface area (Å²) < 4.78 is 39.3. The van der Waals surface area contributed by atoms with Crippen molar-refractivity contribution in [1.29, 1.82) is 0 Å². The van der Waals surface area contributed by atoms with E-state index in [4.69, 9.17) is 9.47 Å². The Hall–Kier alpha value is -3.78. The zero-order valence-electron chi connectivity index (χ0n) is 27.2. The van der Waals surface area contributed by atoms with E-state index in [9.17, 15) is 27.6 Å². The van der Waals surface area contributed by atoms with Gasteiger partial charge in [0.05, 0.1) is 11.8 Å². The van der Waals surface area contributed by atoms with Gasteiger partial charge in [-0.2, -0.15) is 0 Å². The average Bonchev–Trinajstić information content (AvgIpc) is 3.93. The molecule has 256 valence electrons. The Kier molecular flexibility index (Phi) is 10.1. The molecule has 0 spiro atoms. The van der Waals surface area contributed by atoms with Gasteiger partial charge in [0.25, 0.3) is 5.91 Å². The lowest BCUT2D eigenvalue weighted by atomic mass is 9.85. The Morgan fingerprint density at radius 2 is 1.98 bits per heavy atom. The van der Waals surface area contributed by atoms with Crippen LogP contribution in [0.3, 0.4) is 0 Å². The maximum atomic E-state index is 14.3. The standard InChI is InChI=1S/C33H45N5O8S/c1-5-21-18-33(21,31(42)37-47(43,44)23-13-14-23)36-29(40)25-17-22-19-38(25)30(41)28(32(2,3)4)35-27(39)20-45-16-9-7-6-8-11-24-26(46-22)12-10-15-34-24/h5,8,10-12,15,21-23,25,28H,1,6-7,9,13-14,16-20H2,2-4H3,(H,35,39)(H,36,40)(H,37,42)/b11-8+/t21-,22-,25+,28-,33-/m1/s1. The molecule has 2 aliphatic carbocycles. The molecule has 1 aromatic rings. The van der Waals surface area contributed by atoms with E-state index in [2.05, 4.69) is 26.9 Å². The van der Waals surface area contributed by atoms with Gasteiger partial charge in [0.1, 0.15) is 41.8 Å². The Morgan fingerprint density at radius 3 is 2.66 bits per heavy atom. The zero-order valence-corrected chi connectivity index (χ0v) is 28.0.